The number of ether oxygens (including phenoxy) is 3. The van der Waals surface area contributed by atoms with Crippen molar-refractivity contribution in [1.29, 1.82) is 0 Å². The van der Waals surface area contributed by atoms with Crippen LogP contribution >= 0.6 is 0 Å². The van der Waals surface area contributed by atoms with E-state index in [-0.39, 0.29) is 24.6 Å². The second kappa shape index (κ2) is 12.3. The molecule has 3 aliphatic heterocycles. The van der Waals surface area contributed by atoms with E-state index < -0.39 is 23.9 Å². The molecule has 5 heterocycles. The normalized spacial score (nSPS) is 18.5. The lowest BCUT2D eigenvalue weighted by molar-refractivity contribution is -0.123. The minimum atomic E-state index is -0.658. The number of fused-ring (bicyclic) bond motifs is 8. The summed E-state index contributed by atoms with van der Waals surface area (Å²) in [6, 6.07) is 16.2. The Morgan fingerprint density at radius 1 is 1.02 bits per heavy atom. The van der Waals surface area contributed by atoms with Crippen LogP contribution < -0.4 is 29.7 Å². The van der Waals surface area contributed by atoms with Gasteiger partial charge in [-0.15, -0.1) is 0 Å². The summed E-state index contributed by atoms with van der Waals surface area (Å²) in [4.78, 5) is 37.2. The molecule has 6 bridgehead atoms. The number of amides is 2. The Morgan fingerprint density at radius 3 is 2.80 bits per heavy atom. The number of methoxy groups -OCH3 is 1. The van der Waals surface area contributed by atoms with Crippen LogP contribution in [0.5, 0.6) is 17.2 Å². The lowest BCUT2D eigenvalue weighted by atomic mass is 9.99. The number of nitrogens with one attached hydrogen (secondary N) is 3. The standard InChI is InChI=1S/C33H30FN7O5/c1-44-29-13-23-7-5-21(29)14-35-30(42)17-45-22-4-2-3-19(11-22)20-6-8-26(34)24(12-20)33(43)39-27-16-41(10-9-28(27)46-23)32-25-15-38-40-31(25)36-18-37-32/h2-8,11-13,15,18,27-28H,9-10,14,16-17H2,1H3,(H,35,42)(H,39,43)(H,36,37,38,40)/t27-,28+/m1/s1. The van der Waals surface area contributed by atoms with Gasteiger partial charge in [-0.1, -0.05) is 18.2 Å². The van der Waals surface area contributed by atoms with Crippen LogP contribution in [0.2, 0.25) is 0 Å². The molecule has 0 spiro atoms. The second-order valence-corrected chi connectivity index (χ2v) is 11.1. The zero-order valence-corrected chi connectivity index (χ0v) is 24.8. The van der Waals surface area contributed by atoms with E-state index in [1.54, 1.807) is 49.7 Å². The number of aromatic nitrogens is 4. The van der Waals surface area contributed by atoms with Crippen molar-refractivity contribution in [1.82, 2.24) is 30.8 Å². The first kappa shape index (κ1) is 29.0. The van der Waals surface area contributed by atoms with Gasteiger partial charge in [-0.2, -0.15) is 5.10 Å². The zero-order chi connectivity index (χ0) is 31.6. The SMILES string of the molecule is COc1cc2ccc1CNC(=O)COc1cccc(c1)-c1ccc(F)c(c1)C(=O)N[C@@H]1CN(c3ncnc4[nH]ncc34)CC[C@@H]1O2. The number of hydrogen-bond acceptors (Lipinski definition) is 9. The van der Waals surface area contributed by atoms with Gasteiger partial charge >= 0.3 is 0 Å². The van der Waals surface area contributed by atoms with Crippen LogP contribution in [0.4, 0.5) is 10.2 Å². The maximum Gasteiger partial charge on any atom is 0.258 e. The summed E-state index contributed by atoms with van der Waals surface area (Å²) >= 11 is 0. The fourth-order valence-corrected chi connectivity index (χ4v) is 5.81. The van der Waals surface area contributed by atoms with Gasteiger partial charge < -0.3 is 29.7 Å². The van der Waals surface area contributed by atoms with Gasteiger partial charge in [0.05, 0.1) is 30.3 Å². The van der Waals surface area contributed by atoms with Crippen molar-refractivity contribution < 1.29 is 28.2 Å². The van der Waals surface area contributed by atoms with Crippen molar-refractivity contribution >= 4 is 28.7 Å². The number of rotatable bonds is 2. The number of benzene rings is 3. The van der Waals surface area contributed by atoms with Gasteiger partial charge in [-0.25, -0.2) is 14.4 Å². The van der Waals surface area contributed by atoms with E-state index in [2.05, 4.69) is 30.8 Å². The number of aromatic amines is 1. The van der Waals surface area contributed by atoms with Crippen LogP contribution in [0.3, 0.4) is 0 Å². The first-order chi connectivity index (χ1) is 22.4. The fourth-order valence-electron chi connectivity index (χ4n) is 5.81. The van der Waals surface area contributed by atoms with Gasteiger partial charge in [-0.05, 0) is 47.5 Å². The number of halogens is 1. The monoisotopic (exact) mass is 623 g/mol. The van der Waals surface area contributed by atoms with Gasteiger partial charge in [0, 0.05) is 37.7 Å². The highest BCUT2D eigenvalue weighted by Gasteiger charge is 2.34. The zero-order valence-electron chi connectivity index (χ0n) is 24.8. The smallest absolute Gasteiger partial charge is 0.258 e. The van der Waals surface area contributed by atoms with Crippen LogP contribution in [-0.2, 0) is 11.3 Å². The molecule has 0 unspecified atom stereocenters. The molecule has 3 aromatic carbocycles. The van der Waals surface area contributed by atoms with E-state index in [9.17, 15) is 9.59 Å². The van der Waals surface area contributed by atoms with Crippen LogP contribution in [0, 0.1) is 5.82 Å². The lowest BCUT2D eigenvalue weighted by Crippen LogP contribution is -2.57. The third-order valence-electron chi connectivity index (χ3n) is 8.16. The number of anilines is 1. The number of piperidine rings is 1. The minimum absolute atomic E-state index is 0.112. The summed E-state index contributed by atoms with van der Waals surface area (Å²) in [6.07, 6.45) is 3.17. The van der Waals surface area contributed by atoms with Crippen molar-refractivity contribution in [2.75, 3.05) is 31.7 Å². The summed E-state index contributed by atoms with van der Waals surface area (Å²) in [5.41, 5.74) is 2.55. The summed E-state index contributed by atoms with van der Waals surface area (Å²) in [5, 5.41) is 13.6. The number of nitrogens with zero attached hydrogens (tertiary/aromatic N) is 4. The predicted molar refractivity (Wildman–Crippen MR) is 166 cm³/mol. The molecule has 0 saturated carbocycles. The molecule has 3 aliphatic rings. The molecule has 234 valence electrons. The van der Waals surface area contributed by atoms with Gasteiger partial charge in [0.2, 0.25) is 0 Å². The Morgan fingerprint density at radius 2 is 1.91 bits per heavy atom. The molecule has 0 aliphatic carbocycles. The number of carbonyl (C=O) groups excluding carboxylic acids is 2. The molecular weight excluding hydrogens is 593 g/mol. The number of hydrogen-bond donors (Lipinski definition) is 3. The van der Waals surface area contributed by atoms with Crippen LogP contribution in [0.25, 0.3) is 22.2 Å². The number of carbonyl (C=O) groups is 2. The summed E-state index contributed by atoms with van der Waals surface area (Å²) in [5.74, 6) is 0.624. The van der Waals surface area contributed by atoms with E-state index in [0.29, 0.717) is 59.4 Å². The molecule has 1 saturated heterocycles. The average molecular weight is 624 g/mol. The molecule has 2 atom stereocenters. The Balaban J connectivity index is 1.26. The van der Waals surface area contributed by atoms with Crippen LogP contribution in [-0.4, -0.2) is 70.9 Å². The average Bonchev–Trinajstić information content (AvgIpc) is 3.57. The van der Waals surface area contributed by atoms with Gasteiger partial charge in [-0.3, -0.25) is 14.7 Å². The van der Waals surface area contributed by atoms with Gasteiger partial charge in [0.1, 0.15) is 41.3 Å². The van der Waals surface area contributed by atoms with E-state index in [4.69, 9.17) is 14.2 Å². The van der Waals surface area contributed by atoms with E-state index in [1.807, 2.05) is 17.0 Å². The molecule has 2 amide bonds. The maximum atomic E-state index is 15.2. The molecule has 1 fully saturated rings. The molecule has 8 rings (SSSR count). The third-order valence-corrected chi connectivity index (χ3v) is 8.16. The van der Waals surface area contributed by atoms with Crippen molar-refractivity contribution in [3.63, 3.8) is 0 Å². The molecule has 5 aromatic rings. The fraction of sp³-hybridized carbons (Fsp3) is 0.242. The molecule has 2 aromatic heterocycles. The van der Waals surface area contributed by atoms with Gasteiger partial charge in [0.15, 0.2) is 12.3 Å². The van der Waals surface area contributed by atoms with E-state index in [0.717, 1.165) is 10.9 Å². The predicted octanol–water partition coefficient (Wildman–Crippen LogP) is 3.63. The summed E-state index contributed by atoms with van der Waals surface area (Å²) in [6.45, 7) is 0.918. The molecule has 3 N–H and O–H groups in total. The lowest BCUT2D eigenvalue weighted by Gasteiger charge is -2.39. The third kappa shape index (κ3) is 5.86. The molecule has 13 heteroatoms. The van der Waals surface area contributed by atoms with E-state index in [1.165, 1.54) is 18.5 Å². The quantitative estimate of drug-likeness (QED) is 0.269. The highest BCUT2D eigenvalue weighted by atomic mass is 19.1. The first-order valence-corrected chi connectivity index (χ1v) is 14.8. The van der Waals surface area contributed by atoms with Crippen LogP contribution in [0.15, 0.2) is 73.2 Å². The molecule has 12 nitrogen and oxygen atoms in total. The Kier molecular flexibility index (Phi) is 7.79. The molecular formula is C33H30FN7O5. The molecule has 46 heavy (non-hydrogen) atoms. The highest BCUT2D eigenvalue weighted by Crippen LogP contribution is 2.31. The van der Waals surface area contributed by atoms with Crippen molar-refractivity contribution in [3.8, 4) is 28.4 Å². The molecule has 0 radical (unpaired) electrons. The Bertz CT molecular complexity index is 1930. The Labute approximate surface area is 262 Å². The van der Waals surface area contributed by atoms with E-state index >= 15 is 4.39 Å². The Hall–Kier alpha value is -5.72. The van der Waals surface area contributed by atoms with Gasteiger partial charge in [0.25, 0.3) is 11.8 Å². The summed E-state index contributed by atoms with van der Waals surface area (Å²) in [7, 11) is 1.54. The van der Waals surface area contributed by atoms with Crippen molar-refractivity contribution in [2.45, 2.75) is 25.1 Å². The topological polar surface area (TPSA) is 144 Å². The highest BCUT2D eigenvalue weighted by molar-refractivity contribution is 5.96. The van der Waals surface area contributed by atoms with Crippen molar-refractivity contribution in [3.05, 3.63) is 90.1 Å². The first-order valence-electron chi connectivity index (χ1n) is 14.8. The van der Waals surface area contributed by atoms with Crippen molar-refractivity contribution in [2.24, 2.45) is 0 Å². The summed E-state index contributed by atoms with van der Waals surface area (Å²) < 4.78 is 33.0. The maximum absolute atomic E-state index is 15.2. The second-order valence-electron chi connectivity index (χ2n) is 11.1. The number of H-pyrrole nitrogens is 1. The van der Waals surface area contributed by atoms with Crippen LogP contribution in [0.1, 0.15) is 22.3 Å². The largest absolute Gasteiger partial charge is 0.496 e. The minimum Gasteiger partial charge on any atom is -0.496 e.